The van der Waals surface area contributed by atoms with E-state index in [1.54, 1.807) is 0 Å². The van der Waals surface area contributed by atoms with E-state index in [0.29, 0.717) is 25.9 Å². The van der Waals surface area contributed by atoms with Crippen molar-refractivity contribution in [3.8, 4) is 0 Å². The fourth-order valence-corrected chi connectivity index (χ4v) is 7.85. The molecule has 0 aliphatic carbocycles. The Kier molecular flexibility index (Phi) is 48.1. The van der Waals surface area contributed by atoms with Crippen molar-refractivity contribution in [1.82, 2.24) is 5.32 Å². The van der Waals surface area contributed by atoms with E-state index >= 15 is 0 Å². The van der Waals surface area contributed by atoms with Gasteiger partial charge in [0.05, 0.1) is 25.4 Å². The summed E-state index contributed by atoms with van der Waals surface area (Å²) in [5, 5.41) is 23.2. The highest BCUT2D eigenvalue weighted by atomic mass is 16.5. The topological polar surface area (TPSA) is 95.9 Å². The molecule has 0 saturated carbocycles. The third-order valence-electron chi connectivity index (χ3n) is 11.9. The molecular formula is C54H101NO5. The second-order valence-electron chi connectivity index (χ2n) is 17.8. The van der Waals surface area contributed by atoms with Gasteiger partial charge in [0.15, 0.2) is 0 Å². The van der Waals surface area contributed by atoms with Crippen LogP contribution in [0, 0.1) is 0 Å². The highest BCUT2D eigenvalue weighted by Crippen LogP contribution is 2.16. The van der Waals surface area contributed by atoms with Crippen molar-refractivity contribution in [1.29, 1.82) is 0 Å². The average molecular weight is 844 g/mol. The number of hydrogen-bond donors (Lipinski definition) is 3. The summed E-state index contributed by atoms with van der Waals surface area (Å²) in [6.45, 7) is 4.83. The molecule has 1 amide bonds. The molecule has 0 aromatic heterocycles. The molecule has 0 saturated heterocycles. The van der Waals surface area contributed by atoms with Crippen LogP contribution < -0.4 is 5.32 Å². The second-order valence-corrected chi connectivity index (χ2v) is 17.8. The molecule has 60 heavy (non-hydrogen) atoms. The number of ether oxygens (including phenoxy) is 1. The minimum atomic E-state index is -0.697. The number of nitrogens with one attached hydrogen (secondary N) is 1. The maximum atomic E-state index is 12.4. The fraction of sp³-hybridized carbons (Fsp3) is 0.852. The Hall–Kier alpha value is -1.92. The number of rotatable bonds is 48. The number of hydrogen-bond acceptors (Lipinski definition) is 5. The minimum Gasteiger partial charge on any atom is -0.466 e. The lowest BCUT2D eigenvalue weighted by atomic mass is 10.0. The molecule has 0 aromatic rings. The van der Waals surface area contributed by atoms with Gasteiger partial charge in [0.1, 0.15) is 0 Å². The number of unbranched alkanes of at least 4 members (excludes halogenated alkanes) is 31. The van der Waals surface area contributed by atoms with E-state index in [1.807, 2.05) is 0 Å². The Labute approximate surface area is 373 Å². The van der Waals surface area contributed by atoms with E-state index in [9.17, 15) is 19.8 Å². The van der Waals surface area contributed by atoms with Gasteiger partial charge >= 0.3 is 5.97 Å². The molecule has 0 rings (SSSR count). The van der Waals surface area contributed by atoms with Crippen LogP contribution in [0.5, 0.6) is 0 Å². The van der Waals surface area contributed by atoms with Crippen LogP contribution in [0.2, 0.25) is 0 Å². The number of esters is 1. The largest absolute Gasteiger partial charge is 0.466 e. The van der Waals surface area contributed by atoms with Gasteiger partial charge in [-0.15, -0.1) is 0 Å². The van der Waals surface area contributed by atoms with Crippen LogP contribution in [0.3, 0.4) is 0 Å². The molecule has 0 spiro atoms. The van der Waals surface area contributed by atoms with Gasteiger partial charge in [-0.25, -0.2) is 0 Å². The summed E-state index contributed by atoms with van der Waals surface area (Å²) >= 11 is 0. The Balaban J connectivity index is 3.55. The lowest BCUT2D eigenvalue weighted by Crippen LogP contribution is -2.45. The van der Waals surface area contributed by atoms with Gasteiger partial charge in [-0.05, 0) is 77.0 Å². The van der Waals surface area contributed by atoms with Gasteiger partial charge in [-0.3, -0.25) is 9.59 Å². The molecule has 2 atom stereocenters. The van der Waals surface area contributed by atoms with Crippen LogP contribution in [0.1, 0.15) is 271 Å². The minimum absolute atomic E-state index is 0.0496. The second kappa shape index (κ2) is 49.7. The van der Waals surface area contributed by atoms with Crippen LogP contribution in [-0.4, -0.2) is 47.4 Å². The molecule has 0 fully saturated rings. The first-order valence-electron chi connectivity index (χ1n) is 26.2. The Morgan fingerprint density at radius 2 is 0.850 bits per heavy atom. The van der Waals surface area contributed by atoms with Crippen molar-refractivity contribution in [2.24, 2.45) is 0 Å². The fourth-order valence-electron chi connectivity index (χ4n) is 7.85. The van der Waals surface area contributed by atoms with Crippen molar-refractivity contribution < 1.29 is 24.5 Å². The number of aliphatic hydroxyl groups is 2. The smallest absolute Gasteiger partial charge is 0.305 e. The first-order chi connectivity index (χ1) is 29.5. The SMILES string of the molecule is CCCCC/C=C\C/C=C\CCCCCCCC(=O)OCCCCCC/C=C\CCCC(=O)NC(CO)C(O)CCCCCCCCCCCCCCCCCCCCC. The van der Waals surface area contributed by atoms with E-state index < -0.39 is 12.1 Å². The zero-order valence-electron chi connectivity index (χ0n) is 39.9. The van der Waals surface area contributed by atoms with E-state index in [-0.39, 0.29) is 18.5 Å². The lowest BCUT2D eigenvalue weighted by molar-refractivity contribution is -0.143. The molecule has 0 radical (unpaired) electrons. The van der Waals surface area contributed by atoms with E-state index in [1.165, 1.54) is 154 Å². The number of allylic oxidation sites excluding steroid dienone is 6. The van der Waals surface area contributed by atoms with Crippen LogP contribution in [-0.2, 0) is 14.3 Å². The average Bonchev–Trinajstić information content (AvgIpc) is 3.25. The number of carbonyl (C=O) groups excluding carboxylic acids is 2. The maximum absolute atomic E-state index is 12.4. The predicted octanol–water partition coefficient (Wildman–Crippen LogP) is 15.7. The van der Waals surface area contributed by atoms with Crippen molar-refractivity contribution in [2.45, 2.75) is 283 Å². The third kappa shape index (κ3) is 45.6. The van der Waals surface area contributed by atoms with E-state index in [2.05, 4.69) is 55.6 Å². The molecule has 352 valence electrons. The van der Waals surface area contributed by atoms with Crippen molar-refractivity contribution in [3.63, 3.8) is 0 Å². The quantitative estimate of drug-likeness (QED) is 0.0322. The number of amides is 1. The van der Waals surface area contributed by atoms with Gasteiger partial charge < -0.3 is 20.3 Å². The number of aliphatic hydroxyl groups excluding tert-OH is 2. The summed E-state index contributed by atoms with van der Waals surface area (Å²) in [5.74, 6) is -0.146. The van der Waals surface area contributed by atoms with Crippen LogP contribution in [0.15, 0.2) is 36.5 Å². The van der Waals surface area contributed by atoms with E-state index in [0.717, 1.165) is 83.5 Å². The van der Waals surface area contributed by atoms with Gasteiger partial charge in [-0.1, -0.05) is 217 Å². The molecule has 3 N–H and O–H groups in total. The van der Waals surface area contributed by atoms with Gasteiger partial charge in [-0.2, -0.15) is 0 Å². The van der Waals surface area contributed by atoms with E-state index in [4.69, 9.17) is 4.74 Å². The van der Waals surface area contributed by atoms with Crippen LogP contribution in [0.4, 0.5) is 0 Å². The summed E-state index contributed by atoms with van der Waals surface area (Å²) < 4.78 is 5.43. The molecule has 6 heteroatoms. The highest BCUT2D eigenvalue weighted by molar-refractivity contribution is 5.76. The lowest BCUT2D eigenvalue weighted by Gasteiger charge is -2.22. The van der Waals surface area contributed by atoms with Gasteiger partial charge in [0.2, 0.25) is 5.91 Å². The Morgan fingerprint density at radius 3 is 1.35 bits per heavy atom. The zero-order chi connectivity index (χ0) is 43.7. The molecular weight excluding hydrogens is 743 g/mol. The first kappa shape index (κ1) is 58.1. The Morgan fingerprint density at radius 1 is 0.467 bits per heavy atom. The maximum Gasteiger partial charge on any atom is 0.305 e. The summed E-state index contributed by atoms with van der Waals surface area (Å²) in [6.07, 6.45) is 59.8. The van der Waals surface area contributed by atoms with Crippen molar-refractivity contribution >= 4 is 11.9 Å². The normalized spacial score (nSPS) is 12.9. The van der Waals surface area contributed by atoms with Crippen molar-refractivity contribution in [2.75, 3.05) is 13.2 Å². The van der Waals surface area contributed by atoms with Crippen molar-refractivity contribution in [3.05, 3.63) is 36.5 Å². The van der Waals surface area contributed by atoms with Gasteiger partial charge in [0, 0.05) is 12.8 Å². The summed E-state index contributed by atoms with van der Waals surface area (Å²) in [5.41, 5.74) is 0. The monoisotopic (exact) mass is 844 g/mol. The Bertz CT molecular complexity index is 977. The highest BCUT2D eigenvalue weighted by Gasteiger charge is 2.20. The molecule has 0 aliphatic heterocycles. The molecule has 2 unspecified atom stereocenters. The number of carbonyl (C=O) groups is 2. The van der Waals surface area contributed by atoms with Crippen LogP contribution in [0.25, 0.3) is 0 Å². The summed E-state index contributed by atoms with van der Waals surface area (Å²) in [7, 11) is 0. The van der Waals surface area contributed by atoms with Gasteiger partial charge in [0.25, 0.3) is 0 Å². The molecule has 0 aliphatic rings. The van der Waals surface area contributed by atoms with Crippen LogP contribution >= 0.6 is 0 Å². The standard InChI is InChI=1S/C54H101NO5/c1-3-5-7-9-11-13-15-17-19-20-21-22-24-25-27-30-34-38-42-46-52(57)51(50-56)55-53(58)47-43-39-35-31-29-33-37-41-45-49-60-54(59)48-44-40-36-32-28-26-23-18-16-14-12-10-8-6-4-2/h12,14,18,23,31,35,51-52,56-57H,3-11,13,15-17,19-22,24-30,32-34,36-50H2,1-2H3,(H,55,58)/b14-12-,23-18-,35-31-. The molecule has 6 nitrogen and oxygen atoms in total. The first-order valence-corrected chi connectivity index (χ1v) is 26.2. The molecule has 0 aromatic carbocycles. The zero-order valence-corrected chi connectivity index (χ0v) is 39.9. The summed E-state index contributed by atoms with van der Waals surface area (Å²) in [4.78, 5) is 24.5. The molecule has 0 heterocycles. The predicted molar refractivity (Wildman–Crippen MR) is 259 cm³/mol. The third-order valence-corrected chi connectivity index (χ3v) is 11.9. The summed E-state index contributed by atoms with van der Waals surface area (Å²) in [6, 6.07) is -0.581. The molecule has 0 bridgehead atoms.